The van der Waals surface area contributed by atoms with E-state index in [4.69, 9.17) is 9.92 Å². The molecule has 0 saturated carbocycles. The number of amides is 1. The second-order valence-electron chi connectivity index (χ2n) is 7.59. The van der Waals surface area contributed by atoms with E-state index in [0.717, 1.165) is 5.56 Å². The van der Waals surface area contributed by atoms with Crippen LogP contribution < -0.4 is 9.92 Å². The van der Waals surface area contributed by atoms with E-state index in [1.54, 1.807) is 50.8 Å². The zero-order valence-corrected chi connectivity index (χ0v) is 19.0. The van der Waals surface area contributed by atoms with Crippen LogP contribution in [0.3, 0.4) is 0 Å². The third kappa shape index (κ3) is 4.17. The molecule has 1 aliphatic rings. The van der Waals surface area contributed by atoms with Crippen LogP contribution in [0.2, 0.25) is 0 Å². The summed E-state index contributed by atoms with van der Waals surface area (Å²) < 4.78 is 29.2. The normalized spacial score (nSPS) is 18.3. The fourth-order valence-corrected chi connectivity index (χ4v) is 4.71. The van der Waals surface area contributed by atoms with Gasteiger partial charge in [-0.1, -0.05) is 37.3 Å². The molecule has 33 heavy (non-hydrogen) atoms. The number of rotatable bonds is 7. The van der Waals surface area contributed by atoms with E-state index in [2.05, 4.69) is 15.0 Å². The average molecular weight is 466 g/mol. The molecule has 2 aromatic carbocycles. The first-order chi connectivity index (χ1) is 15.8. The summed E-state index contributed by atoms with van der Waals surface area (Å²) in [5.74, 6) is -0.177. The molecule has 2 heterocycles. The highest BCUT2D eigenvalue weighted by atomic mass is 32.2. The monoisotopic (exact) mass is 465 g/mol. The summed E-state index contributed by atoms with van der Waals surface area (Å²) in [6, 6.07) is 13.6. The van der Waals surface area contributed by atoms with Gasteiger partial charge in [0.15, 0.2) is 11.5 Å². The Morgan fingerprint density at radius 1 is 1.09 bits per heavy atom. The Morgan fingerprint density at radius 2 is 1.85 bits per heavy atom. The lowest BCUT2D eigenvalue weighted by molar-refractivity contribution is -0.129. The average Bonchev–Trinajstić information content (AvgIpc) is 3.05. The molecule has 0 aliphatic carbocycles. The number of likely N-dealkylation sites (N-methyl/N-ethyl adjacent to an activating group) is 1. The molecule has 0 fully saturated rings. The number of nitrogens with zero attached hydrogens (tertiary/aromatic N) is 4. The van der Waals surface area contributed by atoms with Crippen LogP contribution in [0, 0.1) is 0 Å². The summed E-state index contributed by atoms with van der Waals surface area (Å²) in [6.07, 6.45) is 5.25. The summed E-state index contributed by atoms with van der Waals surface area (Å²) in [7, 11) is -2.12. The number of aliphatic imine (C=N–C) groups is 1. The van der Waals surface area contributed by atoms with Crippen LogP contribution >= 0.6 is 0 Å². The van der Waals surface area contributed by atoms with Gasteiger partial charge in [-0.3, -0.25) is 19.7 Å². The second-order valence-corrected chi connectivity index (χ2v) is 9.28. The lowest BCUT2D eigenvalue weighted by atomic mass is 9.82. The van der Waals surface area contributed by atoms with Crippen LogP contribution in [0.5, 0.6) is 5.75 Å². The molecule has 0 bridgehead atoms. The van der Waals surface area contributed by atoms with Gasteiger partial charge in [-0.2, -0.15) is 8.42 Å². The van der Waals surface area contributed by atoms with Crippen LogP contribution in [0.1, 0.15) is 24.5 Å². The van der Waals surface area contributed by atoms with Gasteiger partial charge >= 0.3 is 10.1 Å². The van der Waals surface area contributed by atoms with Gasteiger partial charge in [0.2, 0.25) is 0 Å². The summed E-state index contributed by atoms with van der Waals surface area (Å²) in [5, 5.41) is 0. The summed E-state index contributed by atoms with van der Waals surface area (Å²) in [6.45, 7) is 1.76. The zero-order chi connectivity index (χ0) is 23.6. The number of nitrogens with two attached hydrogens (primary N) is 1. The van der Waals surface area contributed by atoms with E-state index < -0.39 is 15.7 Å². The Hall–Kier alpha value is -3.79. The fraction of sp³-hybridized carbons (Fsp3) is 0.217. The summed E-state index contributed by atoms with van der Waals surface area (Å²) in [5.41, 5.74) is 7.14. The van der Waals surface area contributed by atoms with Gasteiger partial charge in [-0.25, -0.2) is 4.99 Å². The third-order valence-corrected chi connectivity index (χ3v) is 6.68. The van der Waals surface area contributed by atoms with Crippen molar-refractivity contribution in [3.05, 3.63) is 78.2 Å². The maximum Gasteiger partial charge on any atom is 0.309 e. The Balaban J connectivity index is 1.80. The van der Waals surface area contributed by atoms with Crippen LogP contribution in [0.15, 0.2) is 72.1 Å². The Labute approximate surface area is 192 Å². The molecule has 1 atom stereocenters. The molecule has 1 unspecified atom stereocenters. The Kier molecular flexibility index (Phi) is 5.86. The number of guanidine groups is 1. The van der Waals surface area contributed by atoms with Crippen molar-refractivity contribution in [1.82, 2.24) is 14.9 Å². The third-order valence-electron chi connectivity index (χ3n) is 5.33. The molecular weight excluding hydrogens is 442 g/mol. The predicted octanol–water partition coefficient (Wildman–Crippen LogP) is 2.29. The largest absolute Gasteiger partial charge is 0.382 e. The Bertz CT molecular complexity index is 1310. The first-order valence-electron chi connectivity index (χ1n) is 10.3. The minimum atomic E-state index is -3.68. The van der Waals surface area contributed by atoms with Crippen molar-refractivity contribution in [1.29, 1.82) is 0 Å². The van der Waals surface area contributed by atoms with Gasteiger partial charge in [0.25, 0.3) is 5.91 Å². The molecule has 10 heteroatoms. The lowest BCUT2D eigenvalue weighted by Crippen LogP contribution is -2.41. The number of hydrogen-bond acceptors (Lipinski definition) is 8. The van der Waals surface area contributed by atoms with Crippen LogP contribution in [0.4, 0.5) is 0 Å². The van der Waals surface area contributed by atoms with E-state index in [9.17, 15) is 13.2 Å². The van der Waals surface area contributed by atoms with E-state index >= 15 is 0 Å². The van der Waals surface area contributed by atoms with Gasteiger partial charge in [-0.15, -0.1) is 0 Å². The van der Waals surface area contributed by atoms with Crippen molar-refractivity contribution in [2.45, 2.75) is 18.9 Å². The molecule has 1 amide bonds. The summed E-state index contributed by atoms with van der Waals surface area (Å²) >= 11 is 0. The number of carbonyl (C=O) groups is 1. The molecule has 9 nitrogen and oxygen atoms in total. The van der Waals surface area contributed by atoms with Crippen LogP contribution in [0.25, 0.3) is 11.3 Å². The molecule has 0 radical (unpaired) electrons. The molecule has 0 saturated heterocycles. The van der Waals surface area contributed by atoms with Crippen LogP contribution in [-0.2, 0) is 20.5 Å². The maximum absolute atomic E-state index is 13.5. The quantitative estimate of drug-likeness (QED) is 0.530. The van der Waals surface area contributed by atoms with Crippen molar-refractivity contribution < 1.29 is 17.4 Å². The molecule has 2 N–H and O–H groups in total. The smallest absolute Gasteiger partial charge is 0.309 e. The van der Waals surface area contributed by atoms with Crippen molar-refractivity contribution in [2.24, 2.45) is 10.7 Å². The molecule has 3 aromatic rings. The van der Waals surface area contributed by atoms with Crippen LogP contribution in [-0.4, -0.2) is 48.0 Å². The number of aromatic nitrogens is 2. The predicted molar refractivity (Wildman–Crippen MR) is 124 cm³/mol. The van der Waals surface area contributed by atoms with Gasteiger partial charge in [0.05, 0.1) is 17.6 Å². The molecule has 1 aromatic heterocycles. The number of benzene rings is 2. The van der Waals surface area contributed by atoms with E-state index in [1.807, 2.05) is 18.2 Å². The minimum absolute atomic E-state index is 0.0794. The summed E-state index contributed by atoms with van der Waals surface area (Å²) in [4.78, 5) is 27.8. The topological polar surface area (TPSA) is 128 Å². The Morgan fingerprint density at radius 3 is 2.45 bits per heavy atom. The van der Waals surface area contributed by atoms with Crippen molar-refractivity contribution in [3.63, 3.8) is 0 Å². The highest BCUT2D eigenvalue weighted by Gasteiger charge is 2.49. The molecule has 1 aliphatic heterocycles. The zero-order valence-electron chi connectivity index (χ0n) is 18.2. The van der Waals surface area contributed by atoms with Crippen molar-refractivity contribution in [2.75, 3.05) is 12.8 Å². The van der Waals surface area contributed by atoms with Crippen molar-refractivity contribution in [3.8, 4) is 17.0 Å². The molecule has 0 spiro atoms. The molecule has 4 rings (SSSR count). The fourth-order valence-electron chi connectivity index (χ4n) is 3.73. The van der Waals surface area contributed by atoms with E-state index in [1.165, 1.54) is 17.0 Å². The second kappa shape index (κ2) is 8.62. The van der Waals surface area contributed by atoms with Gasteiger partial charge in [0.1, 0.15) is 5.75 Å². The van der Waals surface area contributed by atoms with E-state index in [-0.39, 0.29) is 23.4 Å². The molecular formula is C23H23N5O4S. The highest BCUT2D eigenvalue weighted by Crippen LogP contribution is 2.40. The number of carbonyl (C=O) groups excluding carboxylic acids is 1. The van der Waals surface area contributed by atoms with Gasteiger partial charge in [0, 0.05) is 25.0 Å². The maximum atomic E-state index is 13.5. The SMILES string of the molecule is CCCS(=O)(=O)Oc1ccc(C2(c3cccc(-c4cnccn4)c3)N=C(N)N(C)C2=O)cc1. The highest BCUT2D eigenvalue weighted by molar-refractivity contribution is 7.87. The standard InChI is InChI=1S/C23H23N5O4S/c1-3-13-33(30,31)32-19-9-7-17(8-10-19)23(21(29)28(2)22(24)27-23)18-6-4-5-16(14-18)20-15-25-11-12-26-20/h4-12,14-15H,3,13H2,1-2H3,(H2,24,27). The molecule has 170 valence electrons. The lowest BCUT2D eigenvalue weighted by Gasteiger charge is -2.26. The minimum Gasteiger partial charge on any atom is -0.382 e. The van der Waals surface area contributed by atoms with Gasteiger partial charge in [-0.05, 0) is 35.7 Å². The van der Waals surface area contributed by atoms with Gasteiger partial charge < -0.3 is 9.92 Å². The van der Waals surface area contributed by atoms with E-state index in [0.29, 0.717) is 23.2 Å². The first kappa shape index (κ1) is 22.4. The number of hydrogen-bond donors (Lipinski definition) is 1. The first-order valence-corrected chi connectivity index (χ1v) is 11.9. The van der Waals surface area contributed by atoms with Crippen molar-refractivity contribution >= 4 is 22.0 Å².